The van der Waals surface area contributed by atoms with Gasteiger partial charge in [0.05, 0.1) is 18.2 Å². The van der Waals surface area contributed by atoms with Crippen LogP contribution in [0.15, 0.2) is 29.4 Å². The molecule has 2 amide bonds. The van der Waals surface area contributed by atoms with E-state index in [1.54, 1.807) is 4.90 Å². The van der Waals surface area contributed by atoms with Gasteiger partial charge in [-0.05, 0) is 72.3 Å². The van der Waals surface area contributed by atoms with Crippen LogP contribution in [0, 0.1) is 0 Å². The summed E-state index contributed by atoms with van der Waals surface area (Å²) >= 11 is 0. The van der Waals surface area contributed by atoms with E-state index in [1.165, 1.54) is 17.2 Å². The zero-order valence-corrected chi connectivity index (χ0v) is 21.3. The zero-order valence-electron chi connectivity index (χ0n) is 21.3. The lowest BCUT2D eigenvalue weighted by atomic mass is 9.84. The number of benzene rings is 1. The Balaban J connectivity index is 1.53. The number of nitrogens with one attached hydrogen (secondary N) is 1. The first-order chi connectivity index (χ1) is 16.6. The summed E-state index contributed by atoms with van der Waals surface area (Å²) in [5, 5.41) is 24.5. The molecule has 1 saturated heterocycles. The lowest BCUT2D eigenvalue weighted by Crippen LogP contribution is -2.50. The van der Waals surface area contributed by atoms with E-state index in [-0.39, 0.29) is 30.5 Å². The highest BCUT2D eigenvalue weighted by Crippen LogP contribution is 2.46. The van der Waals surface area contributed by atoms with Crippen LogP contribution >= 0.6 is 0 Å². The number of aliphatic hydroxyl groups excluding tert-OH is 1. The normalized spacial score (nSPS) is 26.1. The monoisotopic (exact) mass is 482 g/mol. The summed E-state index contributed by atoms with van der Waals surface area (Å²) in [5.41, 5.74) is 3.40. The van der Waals surface area contributed by atoms with E-state index in [0.717, 1.165) is 25.7 Å². The first-order valence-electron chi connectivity index (χ1n) is 12.7. The highest BCUT2D eigenvalue weighted by Gasteiger charge is 2.45. The van der Waals surface area contributed by atoms with E-state index in [0.29, 0.717) is 41.8 Å². The molecule has 190 valence electrons. The minimum atomic E-state index is -0.843. The fourth-order valence-electron chi connectivity index (χ4n) is 5.33. The number of carbonyl (C=O) groups excluding carboxylic acids is 2. The molecule has 35 heavy (non-hydrogen) atoms. The van der Waals surface area contributed by atoms with Crippen molar-refractivity contribution >= 4 is 11.8 Å². The molecular weight excluding hydrogens is 444 g/mol. The third kappa shape index (κ3) is 5.10. The third-order valence-electron chi connectivity index (χ3n) is 7.58. The SMILES string of the molecule is CC(C)=CCC/C(C)=C/CC[C@]1(C)Oc2c(c(O)cc3c2CN([C@H]2CCCNC2=O)C3=O)C[C@@H]1O. The fraction of sp³-hybridized carbons (Fsp3) is 0.571. The number of amides is 2. The Morgan fingerprint density at radius 3 is 2.71 bits per heavy atom. The van der Waals surface area contributed by atoms with Crippen molar-refractivity contribution in [1.29, 1.82) is 0 Å². The Labute approximate surface area is 207 Å². The van der Waals surface area contributed by atoms with Crippen molar-refractivity contribution in [2.45, 2.75) is 96.9 Å². The molecule has 0 saturated carbocycles. The molecule has 0 aromatic heterocycles. The van der Waals surface area contributed by atoms with Gasteiger partial charge < -0.3 is 25.2 Å². The zero-order chi connectivity index (χ0) is 25.3. The molecule has 4 rings (SSSR count). The van der Waals surface area contributed by atoms with Gasteiger partial charge >= 0.3 is 0 Å². The van der Waals surface area contributed by atoms with Gasteiger partial charge in [0, 0.05) is 24.1 Å². The second-order valence-electron chi connectivity index (χ2n) is 10.7. The smallest absolute Gasteiger partial charge is 0.255 e. The minimum Gasteiger partial charge on any atom is -0.508 e. The van der Waals surface area contributed by atoms with Gasteiger partial charge in [-0.25, -0.2) is 0 Å². The molecule has 7 nitrogen and oxygen atoms in total. The molecule has 3 N–H and O–H groups in total. The van der Waals surface area contributed by atoms with Gasteiger partial charge in [0.1, 0.15) is 23.1 Å². The predicted octanol–water partition coefficient (Wildman–Crippen LogP) is 4.15. The van der Waals surface area contributed by atoms with Gasteiger partial charge in [0.25, 0.3) is 5.91 Å². The largest absolute Gasteiger partial charge is 0.508 e. The maximum Gasteiger partial charge on any atom is 0.255 e. The van der Waals surface area contributed by atoms with Crippen LogP contribution in [0.1, 0.15) is 87.7 Å². The average Bonchev–Trinajstić information content (AvgIpc) is 3.11. The number of nitrogens with zero attached hydrogens (tertiary/aromatic N) is 1. The van der Waals surface area contributed by atoms with Crippen molar-refractivity contribution in [3.8, 4) is 11.5 Å². The van der Waals surface area contributed by atoms with Crippen LogP contribution in [0.5, 0.6) is 11.5 Å². The second-order valence-corrected chi connectivity index (χ2v) is 10.7. The van der Waals surface area contributed by atoms with E-state index in [2.05, 4.69) is 38.2 Å². The maximum absolute atomic E-state index is 13.2. The number of rotatable bonds is 7. The molecule has 0 radical (unpaired) electrons. The summed E-state index contributed by atoms with van der Waals surface area (Å²) in [6.45, 7) is 9.12. The van der Waals surface area contributed by atoms with E-state index in [9.17, 15) is 19.8 Å². The van der Waals surface area contributed by atoms with Crippen molar-refractivity contribution in [3.05, 3.63) is 46.1 Å². The lowest BCUT2D eigenvalue weighted by molar-refractivity contribution is -0.127. The Hall–Kier alpha value is -2.80. The highest BCUT2D eigenvalue weighted by molar-refractivity contribution is 6.02. The van der Waals surface area contributed by atoms with Crippen molar-refractivity contribution in [2.75, 3.05) is 6.54 Å². The Bertz CT molecular complexity index is 1070. The summed E-state index contributed by atoms with van der Waals surface area (Å²) < 4.78 is 6.43. The second kappa shape index (κ2) is 10.1. The molecule has 0 aliphatic carbocycles. The summed E-state index contributed by atoms with van der Waals surface area (Å²) in [4.78, 5) is 27.2. The van der Waals surface area contributed by atoms with E-state index < -0.39 is 17.7 Å². The average molecular weight is 483 g/mol. The number of carbonyl (C=O) groups is 2. The lowest BCUT2D eigenvalue weighted by Gasteiger charge is -2.41. The molecule has 1 fully saturated rings. The molecular formula is C28H38N2O5. The third-order valence-corrected chi connectivity index (χ3v) is 7.58. The summed E-state index contributed by atoms with van der Waals surface area (Å²) in [6, 6.07) is 0.954. The molecule has 0 unspecified atom stereocenters. The van der Waals surface area contributed by atoms with Crippen LogP contribution in [0.4, 0.5) is 0 Å². The van der Waals surface area contributed by atoms with Crippen LogP contribution < -0.4 is 10.1 Å². The molecule has 7 heteroatoms. The number of piperidine rings is 1. The van der Waals surface area contributed by atoms with E-state index in [4.69, 9.17) is 4.74 Å². The van der Waals surface area contributed by atoms with Crippen molar-refractivity contribution in [2.24, 2.45) is 0 Å². The topological polar surface area (TPSA) is 99.1 Å². The van der Waals surface area contributed by atoms with Crippen molar-refractivity contribution < 1.29 is 24.5 Å². The molecule has 0 spiro atoms. The molecule has 1 aromatic carbocycles. The molecule has 3 aliphatic heterocycles. The van der Waals surface area contributed by atoms with Gasteiger partial charge in [-0.2, -0.15) is 0 Å². The van der Waals surface area contributed by atoms with Crippen LogP contribution in [0.3, 0.4) is 0 Å². The van der Waals surface area contributed by atoms with Crippen molar-refractivity contribution in [3.63, 3.8) is 0 Å². The number of hydrogen-bond acceptors (Lipinski definition) is 5. The van der Waals surface area contributed by atoms with E-state index in [1.807, 2.05) is 6.92 Å². The van der Waals surface area contributed by atoms with Gasteiger partial charge in [-0.15, -0.1) is 0 Å². The van der Waals surface area contributed by atoms with Gasteiger partial charge in [0.2, 0.25) is 5.91 Å². The van der Waals surface area contributed by atoms with Crippen molar-refractivity contribution in [1.82, 2.24) is 10.2 Å². The molecule has 3 atom stereocenters. The van der Waals surface area contributed by atoms with Crippen LogP contribution in [-0.2, 0) is 17.8 Å². The molecule has 0 bridgehead atoms. The molecule has 3 aliphatic rings. The number of phenolic OH excluding ortho intramolecular Hbond substituents is 1. The van der Waals surface area contributed by atoms with Gasteiger partial charge in [-0.3, -0.25) is 9.59 Å². The first-order valence-corrected chi connectivity index (χ1v) is 12.7. The standard InChI is InChI=1S/C28H38N2O5/c1-17(2)8-5-9-18(3)10-6-12-28(4)24(32)15-20-23(31)14-19-21(25(20)35-28)16-30(27(19)34)22-11-7-13-29-26(22)33/h8,10,14,22,24,31-32H,5-7,9,11-13,15-16H2,1-4H3,(H,29,33)/b18-10+/t22-,24-,28-/m0/s1. The summed E-state index contributed by atoms with van der Waals surface area (Å²) in [5.74, 6) is 0.0530. The highest BCUT2D eigenvalue weighted by atomic mass is 16.5. The number of allylic oxidation sites excluding steroid dienone is 4. The number of aliphatic hydroxyl groups is 1. The Morgan fingerprint density at radius 2 is 2.00 bits per heavy atom. The number of fused-ring (bicyclic) bond motifs is 3. The van der Waals surface area contributed by atoms with Gasteiger partial charge in [-0.1, -0.05) is 23.3 Å². The summed E-state index contributed by atoms with van der Waals surface area (Å²) in [6.07, 6.45) is 8.75. The number of phenols is 1. The maximum atomic E-state index is 13.2. The predicted molar refractivity (Wildman–Crippen MR) is 134 cm³/mol. The number of hydrogen-bond donors (Lipinski definition) is 3. The number of aromatic hydroxyl groups is 1. The summed E-state index contributed by atoms with van der Waals surface area (Å²) in [7, 11) is 0. The van der Waals surface area contributed by atoms with Crippen LogP contribution in [0.25, 0.3) is 0 Å². The molecule has 3 heterocycles. The Kier molecular flexibility index (Phi) is 7.27. The quantitative estimate of drug-likeness (QED) is 0.507. The van der Waals surface area contributed by atoms with E-state index >= 15 is 0 Å². The first kappa shape index (κ1) is 25.3. The van der Waals surface area contributed by atoms with Gasteiger partial charge in [0.15, 0.2) is 0 Å². The Morgan fingerprint density at radius 1 is 1.23 bits per heavy atom. The van der Waals surface area contributed by atoms with Crippen LogP contribution in [0.2, 0.25) is 0 Å². The van der Waals surface area contributed by atoms with Crippen LogP contribution in [-0.4, -0.2) is 51.2 Å². The fourth-order valence-corrected chi connectivity index (χ4v) is 5.33. The minimum absolute atomic E-state index is 0.0434. The molecule has 1 aromatic rings. The number of ether oxygens (including phenoxy) is 1.